The standard InChI is InChI=1S/C23H25N11O7S3/c24-6-7-34-22(28-31-32-34)43-10-23(20(39)40)8-33-17(36)13(18(33)42-9-23)26-16(35)12(15-27-21(25)44-30-15)29-41-14(19(37)38)11-4-2-1-3-5-11/h1-5,13-14,18H,6-10,24H2,(H,26,35)(H,37,38)(H,39,40)(H2,25,27,30)/t13?,14?,18-,23?/m1/s1. The molecule has 2 aliphatic heterocycles. The number of benzene rings is 1. The summed E-state index contributed by atoms with van der Waals surface area (Å²) < 4.78 is 5.46. The van der Waals surface area contributed by atoms with E-state index in [2.05, 4.69) is 35.4 Å². The molecule has 2 saturated heterocycles. The van der Waals surface area contributed by atoms with Crippen LogP contribution in [0.3, 0.4) is 0 Å². The molecule has 7 N–H and O–H groups in total. The number of nitrogens with two attached hydrogens (primary N) is 2. The number of carbonyl (C=O) groups excluding carboxylic acids is 2. The van der Waals surface area contributed by atoms with Crippen LogP contribution in [-0.2, 0) is 30.6 Å². The molecule has 1 aromatic carbocycles. The first kappa shape index (κ1) is 31.1. The maximum Gasteiger partial charge on any atom is 0.352 e. The van der Waals surface area contributed by atoms with E-state index >= 15 is 0 Å². The van der Waals surface area contributed by atoms with Gasteiger partial charge in [-0.05, 0) is 10.4 Å². The molecular weight excluding hydrogens is 639 g/mol. The predicted molar refractivity (Wildman–Crippen MR) is 156 cm³/mol. The fraction of sp³-hybridized carbons (Fsp3) is 0.391. The number of carboxylic acid groups (broad SMARTS) is 2. The number of β-lactam (4-membered cyclic amide) rings is 1. The molecule has 2 amide bonds. The number of carbonyl (C=O) groups is 4. The van der Waals surface area contributed by atoms with Crippen LogP contribution in [0, 0.1) is 5.41 Å². The fourth-order valence-electron chi connectivity index (χ4n) is 4.38. The first-order valence-corrected chi connectivity index (χ1v) is 15.6. The number of hydrogen-bond acceptors (Lipinski definition) is 16. The van der Waals surface area contributed by atoms with Gasteiger partial charge in [0, 0.05) is 41.7 Å². The lowest BCUT2D eigenvalue weighted by Crippen LogP contribution is -2.74. The summed E-state index contributed by atoms with van der Waals surface area (Å²) in [5.74, 6) is -3.84. The van der Waals surface area contributed by atoms with E-state index in [9.17, 15) is 29.4 Å². The zero-order valence-corrected chi connectivity index (χ0v) is 25.0. The SMILES string of the molecule is NCCn1nnnc1SCC1(C(=O)O)CS[C@@H]2C(NC(=O)C(=NOC(C(=O)O)c3ccccc3)c3nsc(N)n3)C(=O)N2C1. The Morgan fingerprint density at radius 2 is 2.05 bits per heavy atom. The van der Waals surface area contributed by atoms with Crippen LogP contribution in [0.2, 0.25) is 0 Å². The minimum atomic E-state index is -1.55. The lowest BCUT2D eigenvalue weighted by Gasteiger charge is -2.53. The molecule has 3 aromatic rings. The Bertz CT molecular complexity index is 1590. The number of nitrogen functional groups attached to an aromatic ring is 1. The molecular formula is C23H25N11O7S3. The Balaban J connectivity index is 1.29. The van der Waals surface area contributed by atoms with Gasteiger partial charge in [0.2, 0.25) is 28.7 Å². The van der Waals surface area contributed by atoms with Crippen molar-refractivity contribution in [1.29, 1.82) is 0 Å². The molecule has 2 fully saturated rings. The average Bonchev–Trinajstić information content (AvgIpc) is 3.65. The average molecular weight is 664 g/mol. The molecule has 0 aliphatic carbocycles. The monoisotopic (exact) mass is 663 g/mol. The number of aromatic nitrogens is 6. The summed E-state index contributed by atoms with van der Waals surface area (Å²) >= 11 is 3.14. The van der Waals surface area contributed by atoms with Crippen LogP contribution in [0.1, 0.15) is 17.5 Å². The van der Waals surface area contributed by atoms with E-state index < -0.39 is 52.4 Å². The van der Waals surface area contributed by atoms with Gasteiger partial charge in [0.05, 0.1) is 6.54 Å². The van der Waals surface area contributed by atoms with Crippen LogP contribution in [0.15, 0.2) is 40.6 Å². The van der Waals surface area contributed by atoms with Gasteiger partial charge >= 0.3 is 11.9 Å². The van der Waals surface area contributed by atoms with Gasteiger partial charge in [0.15, 0.2) is 5.13 Å². The van der Waals surface area contributed by atoms with Gasteiger partial charge in [-0.15, -0.1) is 16.9 Å². The van der Waals surface area contributed by atoms with E-state index in [-0.39, 0.29) is 34.6 Å². The second-order valence-electron chi connectivity index (χ2n) is 9.60. The molecule has 44 heavy (non-hydrogen) atoms. The lowest BCUT2D eigenvalue weighted by atomic mass is 9.89. The van der Waals surface area contributed by atoms with Crippen molar-refractivity contribution >= 4 is 69.7 Å². The van der Waals surface area contributed by atoms with Gasteiger partial charge < -0.3 is 36.7 Å². The molecule has 5 rings (SSSR count). The van der Waals surface area contributed by atoms with Crippen molar-refractivity contribution < 1.29 is 34.2 Å². The lowest BCUT2D eigenvalue weighted by molar-refractivity contribution is -0.157. The molecule has 2 aromatic heterocycles. The van der Waals surface area contributed by atoms with Crippen molar-refractivity contribution in [2.24, 2.45) is 16.3 Å². The number of nitrogens with one attached hydrogen (secondary N) is 1. The van der Waals surface area contributed by atoms with E-state index in [4.69, 9.17) is 16.3 Å². The smallest absolute Gasteiger partial charge is 0.352 e. The summed E-state index contributed by atoms with van der Waals surface area (Å²) in [5.41, 5.74) is 9.74. The van der Waals surface area contributed by atoms with Crippen LogP contribution in [-0.4, -0.2) is 110 Å². The summed E-state index contributed by atoms with van der Waals surface area (Å²) in [5, 5.41) is 37.4. The number of carboxylic acids is 2. The van der Waals surface area contributed by atoms with Crippen LogP contribution in [0.5, 0.6) is 0 Å². The molecule has 18 nitrogen and oxygen atoms in total. The molecule has 0 spiro atoms. The molecule has 0 bridgehead atoms. The number of anilines is 1. The van der Waals surface area contributed by atoms with Crippen molar-refractivity contribution in [1.82, 2.24) is 39.8 Å². The van der Waals surface area contributed by atoms with Gasteiger partial charge in [-0.25, -0.2) is 9.48 Å². The van der Waals surface area contributed by atoms with E-state index in [0.717, 1.165) is 23.3 Å². The van der Waals surface area contributed by atoms with E-state index in [1.165, 1.54) is 33.5 Å². The van der Waals surface area contributed by atoms with Crippen molar-refractivity contribution in [2.45, 2.75) is 29.2 Å². The van der Waals surface area contributed by atoms with Gasteiger partial charge in [-0.2, -0.15) is 9.36 Å². The first-order chi connectivity index (χ1) is 21.1. The highest BCUT2D eigenvalue weighted by Gasteiger charge is 2.57. The minimum Gasteiger partial charge on any atom is -0.481 e. The van der Waals surface area contributed by atoms with Crippen molar-refractivity contribution in [3.63, 3.8) is 0 Å². The number of fused-ring (bicyclic) bond motifs is 1. The molecule has 232 valence electrons. The number of hydrogen-bond donors (Lipinski definition) is 5. The Morgan fingerprint density at radius 1 is 1.27 bits per heavy atom. The van der Waals surface area contributed by atoms with Gasteiger partial charge in [0.1, 0.15) is 16.8 Å². The molecule has 0 saturated carbocycles. The Labute approximate surface area is 260 Å². The highest BCUT2D eigenvalue weighted by Crippen LogP contribution is 2.44. The molecule has 4 atom stereocenters. The van der Waals surface area contributed by atoms with Crippen molar-refractivity contribution in [3.05, 3.63) is 41.7 Å². The zero-order chi connectivity index (χ0) is 31.4. The number of aliphatic carboxylic acids is 2. The Morgan fingerprint density at radius 3 is 2.70 bits per heavy atom. The quantitative estimate of drug-likeness (QED) is 0.0627. The Hall–Kier alpha value is -4.34. The third kappa shape index (κ3) is 6.30. The summed E-state index contributed by atoms with van der Waals surface area (Å²) in [4.78, 5) is 61.4. The maximum absolute atomic E-state index is 13.4. The minimum absolute atomic E-state index is 0.0204. The number of rotatable bonds is 13. The normalized spacial score (nSPS) is 22.1. The number of oxime groups is 1. The Kier molecular flexibility index (Phi) is 9.27. The van der Waals surface area contributed by atoms with E-state index in [0.29, 0.717) is 18.2 Å². The van der Waals surface area contributed by atoms with E-state index in [1.54, 1.807) is 18.2 Å². The summed E-state index contributed by atoms with van der Waals surface area (Å²) in [6.07, 6.45) is -1.55. The first-order valence-electron chi connectivity index (χ1n) is 12.8. The topological polar surface area (TPSA) is 267 Å². The van der Waals surface area contributed by atoms with Crippen LogP contribution in [0.25, 0.3) is 0 Å². The number of thioether (sulfide) groups is 2. The molecule has 21 heteroatoms. The van der Waals surface area contributed by atoms with Crippen LogP contribution < -0.4 is 16.8 Å². The third-order valence-corrected chi connectivity index (χ3v) is 10.0. The maximum atomic E-state index is 13.4. The van der Waals surface area contributed by atoms with Gasteiger partial charge in [-0.1, -0.05) is 47.2 Å². The van der Waals surface area contributed by atoms with Crippen molar-refractivity contribution in [2.75, 3.05) is 30.3 Å². The molecule has 3 unspecified atom stereocenters. The van der Waals surface area contributed by atoms with Crippen LogP contribution >= 0.6 is 35.1 Å². The summed E-state index contributed by atoms with van der Waals surface area (Å²) in [6.45, 7) is 0.566. The second kappa shape index (κ2) is 13.1. The molecule has 2 aliphatic rings. The van der Waals surface area contributed by atoms with Gasteiger partial charge in [-0.3, -0.25) is 14.4 Å². The predicted octanol–water partition coefficient (Wildman–Crippen LogP) is -1.12. The highest BCUT2D eigenvalue weighted by molar-refractivity contribution is 8.00. The molecule has 4 heterocycles. The zero-order valence-electron chi connectivity index (χ0n) is 22.5. The largest absolute Gasteiger partial charge is 0.481 e. The summed E-state index contributed by atoms with van der Waals surface area (Å²) in [6, 6.07) is 6.95. The molecule has 0 radical (unpaired) electrons. The van der Waals surface area contributed by atoms with Crippen LogP contribution in [0.4, 0.5) is 5.13 Å². The number of nitrogens with zero attached hydrogens (tertiary/aromatic N) is 8. The summed E-state index contributed by atoms with van der Waals surface area (Å²) in [7, 11) is 0. The third-order valence-electron chi connectivity index (χ3n) is 6.65. The van der Waals surface area contributed by atoms with Gasteiger partial charge in [0.25, 0.3) is 5.91 Å². The fourth-order valence-corrected chi connectivity index (χ4v) is 7.58. The van der Waals surface area contributed by atoms with Crippen molar-refractivity contribution in [3.8, 4) is 0 Å². The number of amides is 2. The second-order valence-corrected chi connectivity index (χ2v) is 12.4. The van der Waals surface area contributed by atoms with E-state index in [1.807, 2.05) is 0 Å². The number of tetrazole rings is 1. The highest BCUT2D eigenvalue weighted by atomic mass is 32.2.